The summed E-state index contributed by atoms with van der Waals surface area (Å²) in [4.78, 5) is 14.2. The second-order valence-electron chi connectivity index (χ2n) is 6.18. The van der Waals surface area contributed by atoms with Crippen molar-refractivity contribution < 1.29 is 4.79 Å². The fraction of sp³-hybridized carbons (Fsp3) is 0.857. The van der Waals surface area contributed by atoms with Gasteiger partial charge in [0.2, 0.25) is 5.91 Å². The maximum absolute atomic E-state index is 12.1. The van der Waals surface area contributed by atoms with E-state index in [2.05, 4.69) is 35.5 Å². The van der Waals surface area contributed by atoms with E-state index in [4.69, 9.17) is 0 Å². The summed E-state index contributed by atoms with van der Waals surface area (Å²) in [7, 11) is 0. The average molecular weight is 266 g/mol. The molecule has 0 aromatic heterocycles. The van der Waals surface area contributed by atoms with Crippen LogP contribution < -0.4 is 10.6 Å². The maximum Gasteiger partial charge on any atom is 0.235 e. The zero-order valence-electron chi connectivity index (χ0n) is 12.7. The van der Waals surface area contributed by atoms with Crippen LogP contribution in [0.3, 0.4) is 0 Å². The molecule has 0 saturated carbocycles. The molecular formula is C14H26N4O. The van der Waals surface area contributed by atoms with Gasteiger partial charge in [-0.15, -0.1) is 0 Å². The van der Waals surface area contributed by atoms with Crippen molar-refractivity contribution in [1.82, 2.24) is 15.5 Å². The Morgan fingerprint density at radius 3 is 2.42 bits per heavy atom. The van der Waals surface area contributed by atoms with Gasteiger partial charge in [0.05, 0.1) is 12.6 Å². The molecule has 0 aliphatic carbocycles. The lowest BCUT2D eigenvalue weighted by molar-refractivity contribution is -0.124. The van der Waals surface area contributed by atoms with Crippen LogP contribution >= 0.6 is 0 Å². The molecule has 0 spiro atoms. The first kappa shape index (κ1) is 15.9. The SMILES string of the molecule is CC1CN(CC(=O)NC(C)(C#N)C(C)C)CC(C)N1. The molecule has 19 heavy (non-hydrogen) atoms. The van der Waals surface area contributed by atoms with Crippen LogP contribution in [-0.2, 0) is 4.79 Å². The van der Waals surface area contributed by atoms with Gasteiger partial charge in [0.15, 0.2) is 0 Å². The molecule has 0 aromatic rings. The fourth-order valence-corrected chi connectivity index (χ4v) is 2.40. The highest BCUT2D eigenvalue weighted by atomic mass is 16.2. The molecule has 5 nitrogen and oxygen atoms in total. The van der Waals surface area contributed by atoms with Crippen LogP contribution in [0.2, 0.25) is 0 Å². The van der Waals surface area contributed by atoms with E-state index in [9.17, 15) is 10.1 Å². The molecule has 1 saturated heterocycles. The lowest BCUT2D eigenvalue weighted by Gasteiger charge is -2.36. The van der Waals surface area contributed by atoms with Crippen molar-refractivity contribution in [3.63, 3.8) is 0 Å². The highest BCUT2D eigenvalue weighted by Crippen LogP contribution is 2.15. The summed E-state index contributed by atoms with van der Waals surface area (Å²) in [6.07, 6.45) is 0. The van der Waals surface area contributed by atoms with Crippen molar-refractivity contribution >= 4 is 5.91 Å². The van der Waals surface area contributed by atoms with E-state index in [0.29, 0.717) is 18.6 Å². The quantitative estimate of drug-likeness (QED) is 0.787. The lowest BCUT2D eigenvalue weighted by Crippen LogP contribution is -2.58. The van der Waals surface area contributed by atoms with E-state index in [-0.39, 0.29) is 11.8 Å². The van der Waals surface area contributed by atoms with Crippen molar-refractivity contribution in [3.05, 3.63) is 0 Å². The summed E-state index contributed by atoms with van der Waals surface area (Å²) in [5.41, 5.74) is -0.789. The predicted molar refractivity (Wildman–Crippen MR) is 75.5 cm³/mol. The molecule has 1 rings (SSSR count). The van der Waals surface area contributed by atoms with Crippen LogP contribution in [0.25, 0.3) is 0 Å². The van der Waals surface area contributed by atoms with Crippen LogP contribution in [-0.4, -0.2) is 48.1 Å². The molecular weight excluding hydrogens is 240 g/mol. The summed E-state index contributed by atoms with van der Waals surface area (Å²) in [5, 5.41) is 15.5. The van der Waals surface area contributed by atoms with Gasteiger partial charge in [0.25, 0.3) is 0 Å². The van der Waals surface area contributed by atoms with Crippen LogP contribution in [0.15, 0.2) is 0 Å². The lowest BCUT2D eigenvalue weighted by atomic mass is 9.90. The first-order valence-corrected chi connectivity index (χ1v) is 6.97. The molecule has 0 aromatic carbocycles. The molecule has 1 heterocycles. The van der Waals surface area contributed by atoms with E-state index in [1.54, 1.807) is 6.92 Å². The number of piperazine rings is 1. The highest BCUT2D eigenvalue weighted by Gasteiger charge is 2.31. The first-order chi connectivity index (χ1) is 8.76. The molecule has 0 radical (unpaired) electrons. The normalized spacial score (nSPS) is 27.6. The molecule has 108 valence electrons. The van der Waals surface area contributed by atoms with Crippen molar-refractivity contribution in [1.29, 1.82) is 5.26 Å². The van der Waals surface area contributed by atoms with Crippen LogP contribution in [0.1, 0.15) is 34.6 Å². The molecule has 3 atom stereocenters. The number of hydrogen-bond donors (Lipinski definition) is 2. The first-order valence-electron chi connectivity index (χ1n) is 6.97. The standard InChI is InChI=1S/C14H26N4O/c1-10(2)14(5,9-15)17-13(19)8-18-6-11(3)16-12(4)7-18/h10-12,16H,6-8H2,1-5H3,(H,17,19). The summed E-state index contributed by atoms with van der Waals surface area (Å²) >= 11 is 0. The third kappa shape index (κ3) is 4.48. The van der Waals surface area contributed by atoms with Crippen molar-refractivity contribution in [2.45, 2.75) is 52.2 Å². The zero-order chi connectivity index (χ0) is 14.6. The zero-order valence-corrected chi connectivity index (χ0v) is 12.7. The Morgan fingerprint density at radius 2 is 2.00 bits per heavy atom. The molecule has 5 heteroatoms. The molecule has 2 N–H and O–H groups in total. The minimum atomic E-state index is -0.789. The summed E-state index contributed by atoms with van der Waals surface area (Å²) in [5.74, 6) is 0.0152. The Labute approximate surface area is 116 Å². The van der Waals surface area contributed by atoms with Crippen molar-refractivity contribution in [3.8, 4) is 6.07 Å². The topological polar surface area (TPSA) is 68.2 Å². The van der Waals surface area contributed by atoms with Gasteiger partial charge in [-0.05, 0) is 26.7 Å². The van der Waals surface area contributed by atoms with Crippen molar-refractivity contribution in [2.75, 3.05) is 19.6 Å². The van der Waals surface area contributed by atoms with Gasteiger partial charge >= 0.3 is 0 Å². The third-order valence-electron chi connectivity index (χ3n) is 3.79. The number of nitriles is 1. The van der Waals surface area contributed by atoms with Gasteiger partial charge in [0, 0.05) is 25.2 Å². The second kappa shape index (κ2) is 6.36. The minimum absolute atomic E-state index is 0.0703. The third-order valence-corrected chi connectivity index (χ3v) is 3.79. The van der Waals surface area contributed by atoms with E-state index in [1.807, 2.05) is 13.8 Å². The van der Waals surface area contributed by atoms with Crippen LogP contribution in [0.4, 0.5) is 0 Å². The Bertz CT molecular complexity index is 353. The van der Waals surface area contributed by atoms with Gasteiger partial charge in [-0.3, -0.25) is 9.69 Å². The summed E-state index contributed by atoms with van der Waals surface area (Å²) in [6.45, 7) is 12.0. The smallest absolute Gasteiger partial charge is 0.235 e. The number of amides is 1. The number of nitrogens with one attached hydrogen (secondary N) is 2. The van der Waals surface area contributed by atoms with Crippen LogP contribution in [0.5, 0.6) is 0 Å². The largest absolute Gasteiger partial charge is 0.337 e. The summed E-state index contributed by atoms with van der Waals surface area (Å²) in [6, 6.07) is 2.99. The molecule has 1 aliphatic rings. The number of nitrogens with zero attached hydrogens (tertiary/aromatic N) is 2. The summed E-state index contributed by atoms with van der Waals surface area (Å²) < 4.78 is 0. The number of carbonyl (C=O) groups is 1. The van der Waals surface area contributed by atoms with E-state index >= 15 is 0 Å². The van der Waals surface area contributed by atoms with Gasteiger partial charge in [0.1, 0.15) is 5.54 Å². The Balaban J connectivity index is 2.54. The molecule has 0 bridgehead atoms. The minimum Gasteiger partial charge on any atom is -0.337 e. The van der Waals surface area contributed by atoms with E-state index in [1.165, 1.54) is 0 Å². The monoisotopic (exact) mass is 266 g/mol. The Kier molecular flexibility index (Phi) is 5.33. The molecule has 3 unspecified atom stereocenters. The van der Waals surface area contributed by atoms with Crippen LogP contribution in [0, 0.1) is 17.2 Å². The van der Waals surface area contributed by atoms with Gasteiger partial charge < -0.3 is 10.6 Å². The van der Waals surface area contributed by atoms with Crippen molar-refractivity contribution in [2.24, 2.45) is 5.92 Å². The number of carbonyl (C=O) groups excluding carboxylic acids is 1. The Morgan fingerprint density at radius 1 is 1.47 bits per heavy atom. The number of rotatable bonds is 4. The molecule has 1 fully saturated rings. The van der Waals surface area contributed by atoms with E-state index < -0.39 is 5.54 Å². The molecule has 1 aliphatic heterocycles. The maximum atomic E-state index is 12.1. The predicted octanol–water partition coefficient (Wildman–Crippen LogP) is 0.723. The molecule has 1 amide bonds. The second-order valence-corrected chi connectivity index (χ2v) is 6.18. The Hall–Kier alpha value is -1.12. The highest BCUT2D eigenvalue weighted by molar-refractivity contribution is 5.79. The average Bonchev–Trinajstić information content (AvgIpc) is 2.26. The number of hydrogen-bond acceptors (Lipinski definition) is 4. The van der Waals surface area contributed by atoms with Gasteiger partial charge in [-0.25, -0.2) is 0 Å². The van der Waals surface area contributed by atoms with E-state index in [0.717, 1.165) is 13.1 Å². The fourth-order valence-electron chi connectivity index (χ4n) is 2.40. The van der Waals surface area contributed by atoms with Gasteiger partial charge in [-0.2, -0.15) is 5.26 Å². The van der Waals surface area contributed by atoms with Gasteiger partial charge in [-0.1, -0.05) is 13.8 Å².